The van der Waals surface area contributed by atoms with Gasteiger partial charge in [-0.3, -0.25) is 4.79 Å². The largest absolute Gasteiger partial charge is 0.396 e. The summed E-state index contributed by atoms with van der Waals surface area (Å²) in [6, 6.07) is 7.45. The molecule has 2 aromatic carbocycles. The highest BCUT2D eigenvalue weighted by molar-refractivity contribution is 9.10. The monoisotopic (exact) mass is 367 g/mol. The molecule has 21 heavy (non-hydrogen) atoms. The number of nitrogens with two attached hydrogens (primary N) is 1. The summed E-state index contributed by atoms with van der Waals surface area (Å²) in [5.41, 5.74) is 4.82. The second-order valence-corrected chi connectivity index (χ2v) is 6.15. The van der Waals surface area contributed by atoms with Crippen LogP contribution in [0.2, 0.25) is 0 Å². The van der Waals surface area contributed by atoms with E-state index in [4.69, 9.17) is 5.73 Å². The van der Waals surface area contributed by atoms with Crippen molar-refractivity contribution in [2.45, 2.75) is 0 Å². The van der Waals surface area contributed by atoms with Crippen LogP contribution in [-0.4, -0.2) is 5.78 Å². The number of benzene rings is 2. The lowest BCUT2D eigenvalue weighted by molar-refractivity contribution is 0.103. The normalized spacial score (nSPS) is 11.0. The van der Waals surface area contributed by atoms with Crippen molar-refractivity contribution in [3.8, 4) is 0 Å². The molecule has 0 aliphatic heterocycles. The molecule has 0 unspecified atom stereocenters. The van der Waals surface area contributed by atoms with Gasteiger partial charge in [0.05, 0.1) is 11.3 Å². The second-order valence-electron chi connectivity index (χ2n) is 4.42. The Balaban J connectivity index is 2.23. The molecule has 0 saturated heterocycles. The summed E-state index contributed by atoms with van der Waals surface area (Å²) in [5, 5.41) is 2.25. The van der Waals surface area contributed by atoms with Crippen molar-refractivity contribution in [3.63, 3.8) is 0 Å². The lowest BCUT2D eigenvalue weighted by atomic mass is 10.0. The maximum Gasteiger partial charge on any atom is 0.200 e. The number of fused-ring (bicyclic) bond motifs is 1. The number of halogens is 3. The van der Waals surface area contributed by atoms with Gasteiger partial charge in [0, 0.05) is 25.5 Å². The van der Waals surface area contributed by atoms with Gasteiger partial charge in [-0.15, -0.1) is 11.3 Å². The van der Waals surface area contributed by atoms with E-state index in [0.29, 0.717) is 5.39 Å². The summed E-state index contributed by atoms with van der Waals surface area (Å²) >= 11 is 4.72. The van der Waals surface area contributed by atoms with Crippen molar-refractivity contribution < 1.29 is 13.6 Å². The van der Waals surface area contributed by atoms with Gasteiger partial charge < -0.3 is 5.73 Å². The number of hydrogen-bond acceptors (Lipinski definition) is 3. The molecule has 1 heterocycles. The number of carbonyl (C=O) groups excluding carboxylic acids is 1. The minimum absolute atomic E-state index is 0.250. The Bertz CT molecular complexity index is 875. The molecule has 2 nitrogen and oxygen atoms in total. The molecule has 0 saturated carbocycles. The third-order valence-corrected chi connectivity index (χ3v) is 5.10. The maximum atomic E-state index is 14.0. The molecule has 2 N–H and O–H groups in total. The molecular formula is C15H8BrF2NOS. The third-order valence-electron chi connectivity index (χ3n) is 3.14. The van der Waals surface area contributed by atoms with E-state index in [1.165, 1.54) is 11.3 Å². The molecule has 0 aliphatic rings. The highest BCUT2D eigenvalue weighted by Crippen LogP contribution is 2.34. The van der Waals surface area contributed by atoms with Crippen LogP contribution in [0.1, 0.15) is 15.9 Å². The number of anilines is 1. The summed E-state index contributed by atoms with van der Waals surface area (Å²) in [6.07, 6.45) is 0. The first kappa shape index (κ1) is 14.2. The summed E-state index contributed by atoms with van der Waals surface area (Å²) in [4.78, 5) is 12.5. The zero-order valence-corrected chi connectivity index (χ0v) is 12.9. The lowest BCUT2D eigenvalue weighted by Gasteiger charge is -2.06. The van der Waals surface area contributed by atoms with Crippen molar-refractivity contribution in [1.82, 2.24) is 0 Å². The minimum atomic E-state index is -1.02. The second kappa shape index (κ2) is 5.20. The van der Waals surface area contributed by atoms with Gasteiger partial charge in [-0.1, -0.05) is 12.1 Å². The third kappa shape index (κ3) is 2.24. The van der Waals surface area contributed by atoms with Crippen molar-refractivity contribution in [3.05, 3.63) is 62.9 Å². The number of carbonyl (C=O) groups is 1. The summed E-state index contributed by atoms with van der Waals surface area (Å²) in [6.45, 7) is 0. The van der Waals surface area contributed by atoms with Crippen molar-refractivity contribution >= 4 is 48.8 Å². The van der Waals surface area contributed by atoms with Crippen LogP contribution in [0.4, 0.5) is 14.5 Å². The number of nitrogen functional groups attached to an aromatic ring is 1. The summed E-state index contributed by atoms with van der Waals surface area (Å²) in [7, 11) is 0. The molecule has 0 radical (unpaired) electrons. The van der Waals surface area contributed by atoms with Gasteiger partial charge in [0.2, 0.25) is 0 Å². The average Bonchev–Trinajstić information content (AvgIpc) is 2.88. The van der Waals surface area contributed by atoms with Gasteiger partial charge in [-0.05, 0) is 34.1 Å². The van der Waals surface area contributed by atoms with Crippen LogP contribution in [0.25, 0.3) is 10.1 Å². The van der Waals surface area contributed by atoms with E-state index in [9.17, 15) is 13.6 Å². The van der Waals surface area contributed by atoms with E-state index in [0.717, 1.165) is 21.3 Å². The molecule has 0 amide bonds. The molecule has 3 rings (SSSR count). The molecule has 0 aliphatic carbocycles. The predicted octanol–water partition coefficient (Wildman–Crippen LogP) is 4.76. The number of rotatable bonds is 2. The molecular weight excluding hydrogens is 360 g/mol. The minimum Gasteiger partial charge on any atom is -0.396 e. The van der Waals surface area contributed by atoms with E-state index >= 15 is 0 Å². The van der Waals surface area contributed by atoms with Crippen LogP contribution in [0.5, 0.6) is 0 Å². The Hall–Kier alpha value is -1.79. The van der Waals surface area contributed by atoms with Crippen molar-refractivity contribution in [2.75, 3.05) is 5.73 Å². The van der Waals surface area contributed by atoms with Gasteiger partial charge in [-0.2, -0.15) is 0 Å². The van der Waals surface area contributed by atoms with Crippen LogP contribution in [0.3, 0.4) is 0 Å². The van der Waals surface area contributed by atoms with Crippen LogP contribution < -0.4 is 5.73 Å². The predicted molar refractivity (Wildman–Crippen MR) is 83.7 cm³/mol. The van der Waals surface area contributed by atoms with Gasteiger partial charge >= 0.3 is 0 Å². The Labute approximate surface area is 131 Å². The lowest BCUT2D eigenvalue weighted by Crippen LogP contribution is -2.09. The number of ketones is 1. The summed E-state index contributed by atoms with van der Waals surface area (Å²) in [5.74, 6) is -2.64. The molecule has 0 bridgehead atoms. The fraction of sp³-hybridized carbons (Fsp3) is 0. The van der Waals surface area contributed by atoms with Crippen molar-refractivity contribution in [2.24, 2.45) is 0 Å². The Morgan fingerprint density at radius 3 is 2.71 bits per heavy atom. The zero-order chi connectivity index (χ0) is 15.1. The Kier molecular flexibility index (Phi) is 3.51. The Morgan fingerprint density at radius 1 is 1.19 bits per heavy atom. The smallest absolute Gasteiger partial charge is 0.200 e. The first-order valence-corrected chi connectivity index (χ1v) is 7.62. The first-order chi connectivity index (χ1) is 10.0. The molecule has 6 heteroatoms. The number of hydrogen-bond donors (Lipinski definition) is 1. The fourth-order valence-electron chi connectivity index (χ4n) is 2.11. The quantitative estimate of drug-likeness (QED) is 0.524. The number of thiophene rings is 1. The molecule has 1 aromatic heterocycles. The topological polar surface area (TPSA) is 43.1 Å². The van der Waals surface area contributed by atoms with E-state index in [1.54, 1.807) is 17.5 Å². The Morgan fingerprint density at radius 2 is 1.95 bits per heavy atom. The zero-order valence-electron chi connectivity index (χ0n) is 10.5. The van der Waals surface area contributed by atoms with Crippen LogP contribution in [0, 0.1) is 11.6 Å². The van der Waals surface area contributed by atoms with E-state index in [1.807, 2.05) is 6.07 Å². The molecule has 0 spiro atoms. The van der Waals surface area contributed by atoms with Gasteiger partial charge in [0.25, 0.3) is 0 Å². The molecule has 3 aromatic rings. The highest BCUT2D eigenvalue weighted by atomic mass is 79.9. The average molecular weight is 368 g/mol. The SMILES string of the molecule is Nc1ccc(F)c(C(=O)c2csc3c(Br)cccc23)c1F. The molecule has 0 atom stereocenters. The fourth-order valence-corrected chi connectivity index (χ4v) is 3.71. The molecule has 106 valence electrons. The van der Waals surface area contributed by atoms with E-state index < -0.39 is 23.0 Å². The summed E-state index contributed by atoms with van der Waals surface area (Å²) < 4.78 is 29.5. The van der Waals surface area contributed by atoms with Crippen LogP contribution in [0.15, 0.2) is 40.2 Å². The maximum absolute atomic E-state index is 14.0. The highest BCUT2D eigenvalue weighted by Gasteiger charge is 2.23. The van der Waals surface area contributed by atoms with Crippen LogP contribution >= 0.6 is 27.3 Å². The van der Waals surface area contributed by atoms with E-state index in [-0.39, 0.29) is 11.3 Å². The van der Waals surface area contributed by atoms with Gasteiger partial charge in [0.1, 0.15) is 5.82 Å². The van der Waals surface area contributed by atoms with Gasteiger partial charge in [0.15, 0.2) is 11.6 Å². The molecule has 0 fully saturated rings. The standard InChI is InChI=1S/C15H8BrF2NOS/c16-9-3-1-2-7-8(6-21-15(7)9)14(20)12-10(17)4-5-11(19)13(12)18/h1-6H,19H2. The van der Waals surface area contributed by atoms with E-state index in [2.05, 4.69) is 15.9 Å². The van der Waals surface area contributed by atoms with Gasteiger partial charge in [-0.25, -0.2) is 8.78 Å². The van der Waals surface area contributed by atoms with Crippen LogP contribution in [-0.2, 0) is 0 Å². The van der Waals surface area contributed by atoms with Crippen molar-refractivity contribution in [1.29, 1.82) is 0 Å². The first-order valence-electron chi connectivity index (χ1n) is 5.94.